The molecule has 0 aromatic heterocycles. The summed E-state index contributed by atoms with van der Waals surface area (Å²) in [6.07, 6.45) is 2.52. The lowest BCUT2D eigenvalue weighted by atomic mass is 10.2. The van der Waals surface area contributed by atoms with Crippen LogP contribution >= 0.6 is 0 Å². The maximum atomic E-state index is 5.35. The van der Waals surface area contributed by atoms with Crippen molar-refractivity contribution in [3.05, 3.63) is 12.3 Å². The van der Waals surface area contributed by atoms with Gasteiger partial charge in [0.1, 0.15) is 0 Å². The molecule has 54 valence electrons. The van der Waals surface area contributed by atoms with Crippen LogP contribution in [0.4, 0.5) is 0 Å². The van der Waals surface area contributed by atoms with E-state index in [0.29, 0.717) is 6.10 Å². The Hall–Kier alpha value is -0.460. The molecule has 0 unspecified atom stereocenters. The van der Waals surface area contributed by atoms with Gasteiger partial charge in [0.05, 0.1) is 11.9 Å². The second kappa shape index (κ2) is 4.42. The van der Waals surface area contributed by atoms with Crippen LogP contribution in [0.15, 0.2) is 12.3 Å². The largest absolute Gasteiger partial charge is 0.496 e. The molecule has 0 heterocycles. The predicted octanol–water partition coefficient (Wildman–Crippen LogP) is 2.73. The number of hydrogen-bond donors (Lipinski definition) is 0. The Morgan fingerprint density at radius 1 is 1.44 bits per heavy atom. The molecular weight excluding hydrogens is 112 g/mol. The number of hydrogen-bond acceptors (Lipinski definition) is 1. The third kappa shape index (κ3) is 4.07. The molecule has 0 fully saturated rings. The van der Waals surface area contributed by atoms with Crippen LogP contribution in [0.1, 0.15) is 33.6 Å². The zero-order valence-electron chi connectivity index (χ0n) is 6.61. The van der Waals surface area contributed by atoms with E-state index in [2.05, 4.69) is 20.4 Å². The fraction of sp³-hybridized carbons (Fsp3) is 0.750. The van der Waals surface area contributed by atoms with Crippen molar-refractivity contribution in [1.29, 1.82) is 0 Å². The zero-order valence-corrected chi connectivity index (χ0v) is 6.61. The first-order valence-electron chi connectivity index (χ1n) is 3.52. The predicted molar refractivity (Wildman–Crippen MR) is 40.3 cm³/mol. The molecule has 0 rings (SSSR count). The Balaban J connectivity index is 3.43. The summed E-state index contributed by atoms with van der Waals surface area (Å²) < 4.78 is 5.35. The van der Waals surface area contributed by atoms with Gasteiger partial charge in [0.15, 0.2) is 0 Å². The van der Waals surface area contributed by atoms with Gasteiger partial charge in [-0.3, -0.25) is 0 Å². The van der Waals surface area contributed by atoms with E-state index in [1.54, 1.807) is 0 Å². The lowest BCUT2D eigenvalue weighted by molar-refractivity contribution is 0.111. The van der Waals surface area contributed by atoms with Crippen LogP contribution in [0.2, 0.25) is 0 Å². The Labute approximate surface area is 57.7 Å². The standard InChI is InChI=1S/C8H16O/c1-5-8(6-2)9-7(3)4/h8H,3,5-6H2,1-2,4H3. The number of ether oxygens (including phenoxy) is 1. The second-order valence-corrected chi connectivity index (χ2v) is 2.26. The van der Waals surface area contributed by atoms with E-state index < -0.39 is 0 Å². The van der Waals surface area contributed by atoms with E-state index in [0.717, 1.165) is 18.6 Å². The third-order valence-electron chi connectivity index (χ3n) is 1.28. The quantitative estimate of drug-likeness (QED) is 0.529. The molecule has 1 nitrogen and oxygen atoms in total. The summed E-state index contributed by atoms with van der Waals surface area (Å²) in [4.78, 5) is 0. The Morgan fingerprint density at radius 3 is 2.00 bits per heavy atom. The van der Waals surface area contributed by atoms with Gasteiger partial charge >= 0.3 is 0 Å². The molecule has 0 bridgehead atoms. The van der Waals surface area contributed by atoms with Crippen molar-refractivity contribution in [3.63, 3.8) is 0 Å². The number of rotatable bonds is 4. The van der Waals surface area contributed by atoms with Crippen molar-refractivity contribution in [3.8, 4) is 0 Å². The van der Waals surface area contributed by atoms with Crippen molar-refractivity contribution < 1.29 is 4.74 Å². The van der Waals surface area contributed by atoms with Crippen molar-refractivity contribution >= 4 is 0 Å². The maximum Gasteiger partial charge on any atom is 0.0976 e. The molecule has 0 aliphatic rings. The number of allylic oxidation sites excluding steroid dienone is 1. The fourth-order valence-corrected chi connectivity index (χ4v) is 0.740. The highest BCUT2D eigenvalue weighted by Gasteiger charge is 2.01. The average molecular weight is 128 g/mol. The van der Waals surface area contributed by atoms with Crippen LogP contribution in [0.3, 0.4) is 0 Å². The van der Waals surface area contributed by atoms with Crippen LogP contribution in [0, 0.1) is 0 Å². The van der Waals surface area contributed by atoms with Gasteiger partial charge in [0, 0.05) is 0 Å². The first-order valence-corrected chi connectivity index (χ1v) is 3.52. The first-order chi connectivity index (χ1) is 4.20. The molecule has 0 aliphatic heterocycles. The molecule has 0 N–H and O–H groups in total. The van der Waals surface area contributed by atoms with Gasteiger partial charge in [-0.2, -0.15) is 0 Å². The normalized spacial score (nSPS) is 9.78. The van der Waals surface area contributed by atoms with Gasteiger partial charge in [0.25, 0.3) is 0 Å². The van der Waals surface area contributed by atoms with E-state index >= 15 is 0 Å². The SMILES string of the molecule is C=C(C)OC(CC)CC. The van der Waals surface area contributed by atoms with Gasteiger partial charge in [0.2, 0.25) is 0 Å². The first kappa shape index (κ1) is 8.54. The molecule has 0 aromatic carbocycles. The van der Waals surface area contributed by atoms with E-state index in [-0.39, 0.29) is 0 Å². The lowest BCUT2D eigenvalue weighted by Crippen LogP contribution is -2.07. The monoisotopic (exact) mass is 128 g/mol. The summed E-state index contributed by atoms with van der Waals surface area (Å²) in [5, 5.41) is 0. The summed E-state index contributed by atoms with van der Waals surface area (Å²) in [6.45, 7) is 9.80. The fourth-order valence-electron chi connectivity index (χ4n) is 0.740. The van der Waals surface area contributed by atoms with Crippen LogP contribution in [-0.4, -0.2) is 6.10 Å². The van der Waals surface area contributed by atoms with Crippen LogP contribution in [0.5, 0.6) is 0 Å². The summed E-state index contributed by atoms with van der Waals surface area (Å²) in [7, 11) is 0. The molecular formula is C8H16O. The molecule has 0 spiro atoms. The summed E-state index contributed by atoms with van der Waals surface area (Å²) in [5.41, 5.74) is 0. The molecule has 0 saturated heterocycles. The molecule has 0 radical (unpaired) electrons. The lowest BCUT2D eigenvalue weighted by Gasteiger charge is -2.14. The molecule has 0 atom stereocenters. The maximum absolute atomic E-state index is 5.35. The Bertz CT molecular complexity index is 82.6. The van der Waals surface area contributed by atoms with Gasteiger partial charge in [-0.25, -0.2) is 0 Å². The van der Waals surface area contributed by atoms with E-state index in [1.165, 1.54) is 0 Å². The summed E-state index contributed by atoms with van der Waals surface area (Å²) >= 11 is 0. The molecule has 0 aromatic rings. The average Bonchev–Trinajstić information content (AvgIpc) is 1.82. The highest BCUT2D eigenvalue weighted by molar-refractivity contribution is 4.75. The van der Waals surface area contributed by atoms with Crippen LogP contribution in [-0.2, 0) is 4.74 Å². The van der Waals surface area contributed by atoms with E-state index in [1.807, 2.05) is 6.92 Å². The minimum atomic E-state index is 0.377. The second-order valence-electron chi connectivity index (χ2n) is 2.26. The topological polar surface area (TPSA) is 9.23 Å². The highest BCUT2D eigenvalue weighted by atomic mass is 16.5. The molecule has 9 heavy (non-hydrogen) atoms. The van der Waals surface area contributed by atoms with Crippen molar-refractivity contribution in [2.75, 3.05) is 0 Å². The van der Waals surface area contributed by atoms with Gasteiger partial charge in [-0.05, 0) is 19.8 Å². The van der Waals surface area contributed by atoms with Gasteiger partial charge in [-0.15, -0.1) is 0 Å². The van der Waals surface area contributed by atoms with Crippen LogP contribution in [0.25, 0.3) is 0 Å². The van der Waals surface area contributed by atoms with Crippen LogP contribution < -0.4 is 0 Å². The van der Waals surface area contributed by atoms with Crippen molar-refractivity contribution in [1.82, 2.24) is 0 Å². The van der Waals surface area contributed by atoms with E-state index in [4.69, 9.17) is 4.74 Å². The molecule has 0 amide bonds. The molecule has 0 saturated carbocycles. The summed E-state index contributed by atoms with van der Waals surface area (Å²) in [5.74, 6) is 0.823. The van der Waals surface area contributed by atoms with Gasteiger partial charge < -0.3 is 4.74 Å². The Morgan fingerprint density at radius 2 is 1.89 bits per heavy atom. The Kier molecular flexibility index (Phi) is 4.20. The van der Waals surface area contributed by atoms with Crippen molar-refractivity contribution in [2.24, 2.45) is 0 Å². The summed E-state index contributed by atoms with van der Waals surface area (Å²) in [6, 6.07) is 0. The molecule has 0 aliphatic carbocycles. The van der Waals surface area contributed by atoms with Gasteiger partial charge in [-0.1, -0.05) is 20.4 Å². The highest BCUT2D eigenvalue weighted by Crippen LogP contribution is 2.06. The molecule has 1 heteroatoms. The minimum Gasteiger partial charge on any atom is -0.496 e. The third-order valence-corrected chi connectivity index (χ3v) is 1.28. The van der Waals surface area contributed by atoms with Crippen molar-refractivity contribution in [2.45, 2.75) is 39.7 Å². The zero-order chi connectivity index (χ0) is 7.28. The van der Waals surface area contributed by atoms with E-state index in [9.17, 15) is 0 Å². The smallest absolute Gasteiger partial charge is 0.0976 e. The minimum absolute atomic E-state index is 0.377.